The molecule has 0 heterocycles. The summed E-state index contributed by atoms with van der Waals surface area (Å²) in [5, 5.41) is 0. The van der Waals surface area contributed by atoms with Gasteiger partial charge in [-0.3, -0.25) is 0 Å². The molecule has 2 aliphatic carbocycles. The Balaban J connectivity index is 2.09. The summed E-state index contributed by atoms with van der Waals surface area (Å²) in [5.41, 5.74) is 1.48. The number of hydrogen-bond donors (Lipinski definition) is 0. The first kappa shape index (κ1) is 7.64. The summed E-state index contributed by atoms with van der Waals surface area (Å²) in [4.78, 5) is 0. The fraction of sp³-hybridized carbons (Fsp3) is 1.00. The van der Waals surface area contributed by atoms with Crippen LogP contribution in [-0.4, -0.2) is 0 Å². The van der Waals surface area contributed by atoms with E-state index >= 15 is 0 Å². The molecule has 2 aliphatic rings. The third-order valence-electron chi connectivity index (χ3n) is 3.49. The second-order valence-corrected chi connectivity index (χ2v) is 5.85. The SMILES string of the molecule is C[C@H]1CC(C)(C)CC2(CC2)C1. The zero-order chi connectivity index (χ0) is 8.11. The zero-order valence-corrected chi connectivity index (χ0v) is 8.11. The van der Waals surface area contributed by atoms with Crippen molar-refractivity contribution >= 4 is 0 Å². The van der Waals surface area contributed by atoms with Gasteiger partial charge in [-0.2, -0.15) is 0 Å². The lowest BCUT2D eigenvalue weighted by molar-refractivity contribution is 0.118. The first-order valence-electron chi connectivity index (χ1n) is 5.02. The highest BCUT2D eigenvalue weighted by Crippen LogP contribution is 2.62. The molecule has 2 saturated carbocycles. The number of hydrogen-bond acceptors (Lipinski definition) is 0. The Hall–Kier alpha value is 0. The van der Waals surface area contributed by atoms with Gasteiger partial charge in [-0.15, -0.1) is 0 Å². The molecule has 2 fully saturated rings. The molecule has 1 spiro atoms. The van der Waals surface area contributed by atoms with Gasteiger partial charge in [0, 0.05) is 0 Å². The van der Waals surface area contributed by atoms with Gasteiger partial charge in [0.25, 0.3) is 0 Å². The summed E-state index contributed by atoms with van der Waals surface area (Å²) < 4.78 is 0. The summed E-state index contributed by atoms with van der Waals surface area (Å²) in [6.45, 7) is 7.33. The highest BCUT2D eigenvalue weighted by Gasteiger charge is 2.50. The van der Waals surface area contributed by atoms with Gasteiger partial charge in [-0.05, 0) is 48.9 Å². The largest absolute Gasteiger partial charge is 0.0625 e. The minimum absolute atomic E-state index is 0.647. The van der Waals surface area contributed by atoms with Crippen molar-refractivity contribution in [1.29, 1.82) is 0 Å². The van der Waals surface area contributed by atoms with Crippen molar-refractivity contribution in [2.75, 3.05) is 0 Å². The molecular formula is C11H20. The van der Waals surface area contributed by atoms with Crippen molar-refractivity contribution < 1.29 is 0 Å². The molecule has 0 aliphatic heterocycles. The van der Waals surface area contributed by atoms with Crippen LogP contribution in [0, 0.1) is 16.7 Å². The maximum Gasteiger partial charge on any atom is -0.0289 e. The van der Waals surface area contributed by atoms with E-state index in [1.807, 2.05) is 0 Å². The summed E-state index contributed by atoms with van der Waals surface area (Å²) in [5.74, 6) is 0.987. The maximum atomic E-state index is 2.45. The van der Waals surface area contributed by atoms with Crippen LogP contribution in [0.15, 0.2) is 0 Å². The van der Waals surface area contributed by atoms with Gasteiger partial charge in [0.15, 0.2) is 0 Å². The summed E-state index contributed by atoms with van der Waals surface area (Å²) in [7, 11) is 0. The van der Waals surface area contributed by atoms with Crippen LogP contribution >= 0.6 is 0 Å². The molecule has 0 unspecified atom stereocenters. The van der Waals surface area contributed by atoms with Crippen LogP contribution in [0.4, 0.5) is 0 Å². The molecule has 0 amide bonds. The molecule has 0 N–H and O–H groups in total. The fourth-order valence-electron chi connectivity index (χ4n) is 3.47. The van der Waals surface area contributed by atoms with Crippen molar-refractivity contribution in [2.45, 2.75) is 52.9 Å². The molecule has 0 heteroatoms. The molecule has 11 heavy (non-hydrogen) atoms. The molecule has 0 bridgehead atoms. The smallest absolute Gasteiger partial charge is 0.0289 e. The Labute approximate surface area is 70.4 Å². The lowest BCUT2D eigenvalue weighted by Crippen LogP contribution is -2.28. The van der Waals surface area contributed by atoms with Gasteiger partial charge in [0.05, 0.1) is 0 Å². The zero-order valence-electron chi connectivity index (χ0n) is 8.11. The molecular weight excluding hydrogens is 132 g/mol. The van der Waals surface area contributed by atoms with Crippen molar-refractivity contribution in [2.24, 2.45) is 16.7 Å². The summed E-state index contributed by atoms with van der Waals surface area (Å²) in [6, 6.07) is 0. The number of rotatable bonds is 0. The van der Waals surface area contributed by atoms with Crippen LogP contribution in [0.1, 0.15) is 52.9 Å². The van der Waals surface area contributed by atoms with Crippen molar-refractivity contribution in [3.8, 4) is 0 Å². The predicted molar refractivity (Wildman–Crippen MR) is 48.5 cm³/mol. The van der Waals surface area contributed by atoms with E-state index in [9.17, 15) is 0 Å². The van der Waals surface area contributed by atoms with E-state index in [-0.39, 0.29) is 0 Å². The first-order chi connectivity index (χ1) is 5.02. The Morgan fingerprint density at radius 2 is 1.73 bits per heavy atom. The molecule has 0 aromatic rings. The van der Waals surface area contributed by atoms with Gasteiger partial charge < -0.3 is 0 Å². The van der Waals surface area contributed by atoms with Crippen LogP contribution in [0.5, 0.6) is 0 Å². The third-order valence-corrected chi connectivity index (χ3v) is 3.49. The van der Waals surface area contributed by atoms with E-state index in [0.29, 0.717) is 5.41 Å². The van der Waals surface area contributed by atoms with Gasteiger partial charge in [0.2, 0.25) is 0 Å². The molecule has 0 nitrogen and oxygen atoms in total. The Kier molecular flexibility index (Phi) is 1.41. The Morgan fingerprint density at radius 1 is 1.09 bits per heavy atom. The van der Waals surface area contributed by atoms with E-state index < -0.39 is 0 Å². The molecule has 0 saturated heterocycles. The Morgan fingerprint density at radius 3 is 2.18 bits per heavy atom. The van der Waals surface area contributed by atoms with Gasteiger partial charge in [-0.25, -0.2) is 0 Å². The second-order valence-electron chi connectivity index (χ2n) is 5.85. The normalized spacial score (nSPS) is 39.0. The minimum Gasteiger partial charge on any atom is -0.0625 e. The van der Waals surface area contributed by atoms with Crippen molar-refractivity contribution in [3.05, 3.63) is 0 Å². The Bertz CT molecular complexity index is 157. The predicted octanol–water partition coefficient (Wildman–Crippen LogP) is 3.61. The van der Waals surface area contributed by atoms with Gasteiger partial charge >= 0.3 is 0 Å². The highest BCUT2D eigenvalue weighted by molar-refractivity contribution is 5.01. The van der Waals surface area contributed by atoms with E-state index in [1.54, 1.807) is 0 Å². The van der Waals surface area contributed by atoms with Crippen molar-refractivity contribution in [1.82, 2.24) is 0 Å². The average Bonchev–Trinajstić information content (AvgIpc) is 2.41. The molecule has 0 radical (unpaired) electrons. The first-order valence-corrected chi connectivity index (χ1v) is 5.02. The van der Waals surface area contributed by atoms with Crippen LogP contribution in [0.3, 0.4) is 0 Å². The third kappa shape index (κ3) is 1.45. The monoisotopic (exact) mass is 152 g/mol. The standard InChI is InChI=1S/C11H20/c1-9-6-10(2,3)8-11(7-9)4-5-11/h9H,4-8H2,1-3H3/t9-/m0/s1. The minimum atomic E-state index is 0.647. The van der Waals surface area contributed by atoms with E-state index in [2.05, 4.69) is 20.8 Å². The molecule has 64 valence electrons. The van der Waals surface area contributed by atoms with Gasteiger partial charge in [0.1, 0.15) is 0 Å². The highest BCUT2D eigenvalue weighted by atomic mass is 14.5. The van der Waals surface area contributed by atoms with E-state index in [4.69, 9.17) is 0 Å². The molecule has 0 aromatic heterocycles. The van der Waals surface area contributed by atoms with Crippen LogP contribution in [-0.2, 0) is 0 Å². The summed E-state index contributed by atoms with van der Waals surface area (Å²) in [6.07, 6.45) is 7.54. The quantitative estimate of drug-likeness (QED) is 0.497. The van der Waals surface area contributed by atoms with E-state index in [1.165, 1.54) is 32.1 Å². The lowest BCUT2D eigenvalue weighted by atomic mass is 9.66. The molecule has 0 aromatic carbocycles. The summed E-state index contributed by atoms with van der Waals surface area (Å²) >= 11 is 0. The molecule has 2 rings (SSSR count). The second kappa shape index (κ2) is 2.02. The van der Waals surface area contributed by atoms with Gasteiger partial charge in [-0.1, -0.05) is 20.8 Å². The fourth-order valence-corrected chi connectivity index (χ4v) is 3.47. The van der Waals surface area contributed by atoms with Crippen LogP contribution in [0.2, 0.25) is 0 Å². The van der Waals surface area contributed by atoms with E-state index in [0.717, 1.165) is 11.3 Å². The lowest BCUT2D eigenvalue weighted by Gasteiger charge is -2.39. The van der Waals surface area contributed by atoms with Crippen molar-refractivity contribution in [3.63, 3.8) is 0 Å². The maximum absolute atomic E-state index is 2.45. The van der Waals surface area contributed by atoms with Crippen LogP contribution in [0.25, 0.3) is 0 Å². The van der Waals surface area contributed by atoms with Crippen LogP contribution < -0.4 is 0 Å². The average molecular weight is 152 g/mol. The molecule has 1 atom stereocenters. The topological polar surface area (TPSA) is 0 Å².